The molecule has 4 rings (SSSR count). The Kier molecular flexibility index (Phi) is 6.35. The Hall–Kier alpha value is -3.47. The highest BCUT2D eigenvalue weighted by molar-refractivity contribution is 5.94. The van der Waals surface area contributed by atoms with E-state index in [1.807, 2.05) is 11.0 Å². The molecule has 0 saturated carbocycles. The third kappa shape index (κ3) is 4.42. The second kappa shape index (κ2) is 9.35. The lowest BCUT2D eigenvalue weighted by Gasteiger charge is -2.40. The van der Waals surface area contributed by atoms with Crippen LogP contribution in [0, 0.1) is 12.3 Å². The molecule has 3 aromatic rings. The van der Waals surface area contributed by atoms with Gasteiger partial charge in [-0.3, -0.25) is 14.6 Å². The average molecular weight is 428 g/mol. The van der Waals surface area contributed by atoms with Crippen molar-refractivity contribution in [1.82, 2.24) is 15.2 Å². The maximum atomic E-state index is 13.0. The summed E-state index contributed by atoms with van der Waals surface area (Å²) >= 11 is 0. The van der Waals surface area contributed by atoms with Crippen LogP contribution < -0.4 is 5.32 Å². The molecule has 1 aliphatic heterocycles. The summed E-state index contributed by atoms with van der Waals surface area (Å²) in [4.78, 5) is 31.7. The Morgan fingerprint density at radius 3 is 2.50 bits per heavy atom. The van der Waals surface area contributed by atoms with Crippen molar-refractivity contribution >= 4 is 11.8 Å². The molecule has 1 N–H and O–H groups in total. The number of piperidine rings is 1. The minimum absolute atomic E-state index is 0.0230. The van der Waals surface area contributed by atoms with Crippen molar-refractivity contribution in [2.24, 2.45) is 5.41 Å². The fourth-order valence-corrected chi connectivity index (χ4v) is 4.70. The quantitative estimate of drug-likeness (QED) is 0.662. The largest absolute Gasteiger partial charge is 0.359 e. The summed E-state index contributed by atoms with van der Waals surface area (Å²) in [6, 6.07) is 20.4. The SMILES string of the molecule is CNC(=O)C1(Cc2cccc(-c3ccccc3C)c2)CCN(C(=O)c2cccnc2)CC1. The number of rotatable bonds is 5. The molecular weight excluding hydrogens is 398 g/mol. The molecule has 2 heterocycles. The molecule has 2 amide bonds. The van der Waals surface area contributed by atoms with E-state index in [0.29, 0.717) is 37.9 Å². The predicted molar refractivity (Wildman–Crippen MR) is 126 cm³/mol. The van der Waals surface area contributed by atoms with Crippen LogP contribution in [0.3, 0.4) is 0 Å². The van der Waals surface area contributed by atoms with Crippen LogP contribution in [-0.4, -0.2) is 41.8 Å². The Morgan fingerprint density at radius 2 is 1.81 bits per heavy atom. The topological polar surface area (TPSA) is 62.3 Å². The van der Waals surface area contributed by atoms with Crippen molar-refractivity contribution in [3.63, 3.8) is 0 Å². The molecule has 164 valence electrons. The van der Waals surface area contributed by atoms with E-state index < -0.39 is 5.41 Å². The van der Waals surface area contributed by atoms with Crippen LogP contribution in [0.2, 0.25) is 0 Å². The van der Waals surface area contributed by atoms with Gasteiger partial charge in [0.2, 0.25) is 5.91 Å². The van der Waals surface area contributed by atoms with Crippen molar-refractivity contribution in [2.75, 3.05) is 20.1 Å². The minimum atomic E-state index is -0.523. The number of nitrogens with one attached hydrogen (secondary N) is 1. The molecule has 0 spiro atoms. The molecule has 1 saturated heterocycles. The highest BCUT2D eigenvalue weighted by Gasteiger charge is 2.42. The number of amides is 2. The van der Waals surface area contributed by atoms with Gasteiger partial charge in [0.05, 0.1) is 11.0 Å². The van der Waals surface area contributed by atoms with Crippen molar-refractivity contribution in [1.29, 1.82) is 0 Å². The molecule has 0 unspecified atom stereocenters. The van der Waals surface area contributed by atoms with Gasteiger partial charge in [0.15, 0.2) is 0 Å². The van der Waals surface area contributed by atoms with E-state index in [1.54, 1.807) is 31.6 Å². The summed E-state index contributed by atoms with van der Waals surface area (Å²) in [5.74, 6) is 0.0254. The van der Waals surface area contributed by atoms with Gasteiger partial charge in [-0.15, -0.1) is 0 Å². The lowest BCUT2D eigenvalue weighted by atomic mass is 9.72. The summed E-state index contributed by atoms with van der Waals surface area (Å²) in [7, 11) is 1.70. The van der Waals surface area contributed by atoms with Gasteiger partial charge in [-0.25, -0.2) is 0 Å². The fourth-order valence-electron chi connectivity index (χ4n) is 4.70. The lowest BCUT2D eigenvalue weighted by Crippen LogP contribution is -2.50. The van der Waals surface area contributed by atoms with Gasteiger partial charge in [0, 0.05) is 32.5 Å². The Morgan fingerprint density at radius 1 is 1.03 bits per heavy atom. The van der Waals surface area contributed by atoms with Crippen LogP contribution in [0.25, 0.3) is 11.1 Å². The zero-order chi connectivity index (χ0) is 22.6. The highest BCUT2D eigenvalue weighted by Crippen LogP contribution is 2.37. The first-order valence-corrected chi connectivity index (χ1v) is 11.1. The van der Waals surface area contributed by atoms with E-state index in [2.05, 4.69) is 59.7 Å². The number of benzene rings is 2. The first kappa shape index (κ1) is 21.8. The summed E-state index contributed by atoms with van der Waals surface area (Å²) in [5.41, 5.74) is 4.81. The molecule has 1 aromatic heterocycles. The maximum absolute atomic E-state index is 13.0. The fraction of sp³-hybridized carbons (Fsp3) is 0.296. The van der Waals surface area contributed by atoms with Crippen LogP contribution in [0.15, 0.2) is 73.1 Å². The molecule has 0 radical (unpaired) electrons. The van der Waals surface area contributed by atoms with Crippen molar-refractivity contribution in [3.8, 4) is 11.1 Å². The maximum Gasteiger partial charge on any atom is 0.255 e. The van der Waals surface area contributed by atoms with Crippen molar-refractivity contribution in [2.45, 2.75) is 26.2 Å². The number of aryl methyl sites for hydroxylation is 1. The number of aromatic nitrogens is 1. The van der Waals surface area contributed by atoms with Crippen LogP contribution in [0.4, 0.5) is 0 Å². The van der Waals surface area contributed by atoms with Crippen LogP contribution in [-0.2, 0) is 11.2 Å². The molecule has 5 heteroatoms. The van der Waals surface area contributed by atoms with E-state index in [0.717, 1.165) is 11.1 Å². The first-order valence-electron chi connectivity index (χ1n) is 11.1. The zero-order valence-corrected chi connectivity index (χ0v) is 18.7. The Bertz CT molecular complexity index is 1100. The normalized spacial score (nSPS) is 15.2. The molecular formula is C27H29N3O2. The molecule has 0 aliphatic carbocycles. The summed E-state index contributed by atoms with van der Waals surface area (Å²) < 4.78 is 0. The van der Waals surface area contributed by atoms with Crippen molar-refractivity contribution < 1.29 is 9.59 Å². The van der Waals surface area contributed by atoms with Gasteiger partial charge in [-0.1, -0.05) is 48.5 Å². The number of nitrogens with zero attached hydrogens (tertiary/aromatic N) is 2. The molecule has 0 bridgehead atoms. The first-order chi connectivity index (χ1) is 15.5. The zero-order valence-electron chi connectivity index (χ0n) is 18.7. The highest BCUT2D eigenvalue weighted by atomic mass is 16.2. The molecule has 32 heavy (non-hydrogen) atoms. The third-order valence-corrected chi connectivity index (χ3v) is 6.55. The summed E-state index contributed by atoms with van der Waals surface area (Å²) in [6.45, 7) is 3.22. The van der Waals surface area contributed by atoms with Gasteiger partial charge < -0.3 is 10.2 Å². The summed E-state index contributed by atoms with van der Waals surface area (Å²) in [5, 5.41) is 2.87. The van der Waals surface area contributed by atoms with E-state index in [4.69, 9.17) is 0 Å². The second-order valence-corrected chi connectivity index (χ2v) is 8.59. The monoisotopic (exact) mass is 427 g/mol. The minimum Gasteiger partial charge on any atom is -0.359 e. The Balaban J connectivity index is 1.54. The number of carbonyl (C=O) groups excluding carboxylic acids is 2. The van der Waals surface area contributed by atoms with Gasteiger partial charge in [-0.2, -0.15) is 0 Å². The number of hydrogen-bond acceptors (Lipinski definition) is 3. The lowest BCUT2D eigenvalue weighted by molar-refractivity contribution is -0.133. The number of carbonyl (C=O) groups is 2. The van der Waals surface area contributed by atoms with Gasteiger partial charge in [0.1, 0.15) is 0 Å². The number of likely N-dealkylation sites (tertiary alicyclic amines) is 1. The van der Waals surface area contributed by atoms with Crippen molar-refractivity contribution in [3.05, 3.63) is 89.7 Å². The molecule has 5 nitrogen and oxygen atoms in total. The van der Waals surface area contributed by atoms with E-state index in [1.165, 1.54) is 11.1 Å². The van der Waals surface area contributed by atoms with Crippen LogP contribution >= 0.6 is 0 Å². The van der Waals surface area contributed by atoms with E-state index in [-0.39, 0.29) is 11.8 Å². The van der Waals surface area contributed by atoms with Gasteiger partial charge in [0.25, 0.3) is 5.91 Å². The third-order valence-electron chi connectivity index (χ3n) is 6.55. The summed E-state index contributed by atoms with van der Waals surface area (Å²) in [6.07, 6.45) is 5.18. The number of pyridine rings is 1. The average Bonchev–Trinajstić information content (AvgIpc) is 2.84. The molecule has 2 aromatic carbocycles. The van der Waals surface area contributed by atoms with E-state index >= 15 is 0 Å². The molecule has 1 aliphatic rings. The molecule has 0 atom stereocenters. The van der Waals surface area contributed by atoms with Gasteiger partial charge >= 0.3 is 0 Å². The predicted octanol–water partition coefficient (Wildman–Crippen LogP) is 4.27. The van der Waals surface area contributed by atoms with Crippen LogP contribution in [0.1, 0.15) is 34.3 Å². The second-order valence-electron chi connectivity index (χ2n) is 8.59. The standard InChI is InChI=1S/C27H29N3O2/c1-20-7-3-4-11-24(20)22-9-5-8-21(17-22)18-27(26(32)28-2)12-15-30(16-13-27)25(31)23-10-6-14-29-19-23/h3-11,14,17,19H,12-13,15-16,18H2,1-2H3,(H,28,32). The number of hydrogen-bond donors (Lipinski definition) is 1. The van der Waals surface area contributed by atoms with Gasteiger partial charge in [-0.05, 0) is 60.6 Å². The van der Waals surface area contributed by atoms with Crippen LogP contribution in [0.5, 0.6) is 0 Å². The smallest absolute Gasteiger partial charge is 0.255 e. The molecule has 1 fully saturated rings. The Labute approximate surface area is 189 Å². The van der Waals surface area contributed by atoms with E-state index in [9.17, 15) is 9.59 Å².